The average molecular weight is 574 g/mol. The number of rotatable bonds is 9. The number of anilines is 1. The van der Waals surface area contributed by atoms with Gasteiger partial charge in [0.05, 0.1) is 24.5 Å². The van der Waals surface area contributed by atoms with E-state index in [0.29, 0.717) is 47.7 Å². The van der Waals surface area contributed by atoms with Gasteiger partial charge in [0.15, 0.2) is 0 Å². The zero-order valence-electron chi connectivity index (χ0n) is 22.3. The van der Waals surface area contributed by atoms with Crippen LogP contribution in [0.1, 0.15) is 25.8 Å². The number of imidazole rings is 1. The molecule has 208 valence electrons. The molecule has 2 aliphatic heterocycles. The van der Waals surface area contributed by atoms with E-state index in [1.807, 2.05) is 33.9 Å². The number of carbonyl (C=O) groups excluding carboxylic acids is 1. The van der Waals surface area contributed by atoms with Crippen LogP contribution in [0, 0.1) is 5.92 Å². The quantitative estimate of drug-likeness (QED) is 0.349. The summed E-state index contributed by atoms with van der Waals surface area (Å²) in [5.41, 5.74) is 1.83. The summed E-state index contributed by atoms with van der Waals surface area (Å²) >= 11 is 12.7. The Kier molecular flexibility index (Phi) is 8.67. The zero-order chi connectivity index (χ0) is 27.4. The smallest absolute Gasteiger partial charge is 0.222 e. The first-order chi connectivity index (χ1) is 18.8. The van der Waals surface area contributed by atoms with E-state index in [2.05, 4.69) is 35.9 Å². The van der Waals surface area contributed by atoms with Crippen LogP contribution in [0.5, 0.6) is 5.75 Å². The summed E-state index contributed by atoms with van der Waals surface area (Å²) < 4.78 is 20.7. The van der Waals surface area contributed by atoms with Gasteiger partial charge in [-0.05, 0) is 42.3 Å². The second-order valence-corrected chi connectivity index (χ2v) is 11.3. The van der Waals surface area contributed by atoms with Gasteiger partial charge in [-0.3, -0.25) is 4.79 Å². The average Bonchev–Trinajstić information content (AvgIpc) is 3.58. The molecule has 0 N–H and O–H groups in total. The summed E-state index contributed by atoms with van der Waals surface area (Å²) in [5, 5.41) is 1.02. The summed E-state index contributed by atoms with van der Waals surface area (Å²) in [6, 6.07) is 13.4. The summed E-state index contributed by atoms with van der Waals surface area (Å²) in [4.78, 5) is 20.8. The number of amides is 1. The summed E-state index contributed by atoms with van der Waals surface area (Å²) in [7, 11) is 0. The molecular formula is C29H34Cl2N4O4. The Labute approximate surface area is 239 Å². The molecule has 2 saturated heterocycles. The highest BCUT2D eigenvalue weighted by atomic mass is 35.5. The van der Waals surface area contributed by atoms with Crippen LogP contribution in [-0.2, 0) is 26.6 Å². The van der Waals surface area contributed by atoms with E-state index < -0.39 is 5.79 Å². The lowest BCUT2D eigenvalue weighted by molar-refractivity contribution is -0.189. The number of hydrogen-bond donors (Lipinski definition) is 0. The maximum atomic E-state index is 12.4. The molecule has 5 rings (SSSR count). The van der Waals surface area contributed by atoms with E-state index in [-0.39, 0.29) is 12.0 Å². The second kappa shape index (κ2) is 12.2. The minimum absolute atomic E-state index is 0.249. The van der Waals surface area contributed by atoms with Crippen LogP contribution in [-0.4, -0.2) is 65.9 Å². The maximum absolute atomic E-state index is 12.4. The van der Waals surface area contributed by atoms with Crippen molar-refractivity contribution in [3.63, 3.8) is 0 Å². The van der Waals surface area contributed by atoms with Crippen LogP contribution < -0.4 is 9.64 Å². The molecule has 8 nitrogen and oxygen atoms in total. The third-order valence-corrected chi connectivity index (χ3v) is 7.55. The summed E-state index contributed by atoms with van der Waals surface area (Å²) in [6.07, 6.45) is 5.60. The number of benzene rings is 2. The van der Waals surface area contributed by atoms with Gasteiger partial charge in [0, 0.05) is 61.3 Å². The highest BCUT2D eigenvalue weighted by Gasteiger charge is 2.45. The summed E-state index contributed by atoms with van der Waals surface area (Å²) in [5.74, 6) is 0.301. The number of hydrogen-bond acceptors (Lipinski definition) is 6. The normalized spacial score (nSPS) is 21.5. The van der Waals surface area contributed by atoms with Crippen LogP contribution in [0.25, 0.3) is 0 Å². The van der Waals surface area contributed by atoms with E-state index in [9.17, 15) is 4.79 Å². The van der Waals surface area contributed by atoms with Gasteiger partial charge in [-0.25, -0.2) is 4.98 Å². The molecule has 2 aliphatic rings. The van der Waals surface area contributed by atoms with Gasteiger partial charge in [0.1, 0.15) is 18.5 Å². The molecule has 10 heteroatoms. The molecule has 0 unspecified atom stereocenters. The number of piperazine rings is 1. The zero-order valence-corrected chi connectivity index (χ0v) is 23.8. The Hall–Kier alpha value is -2.78. The fraction of sp³-hybridized carbons (Fsp3) is 0.448. The van der Waals surface area contributed by atoms with E-state index in [1.54, 1.807) is 24.7 Å². The molecule has 1 amide bonds. The fourth-order valence-electron chi connectivity index (χ4n) is 5.01. The first-order valence-corrected chi connectivity index (χ1v) is 14.1. The van der Waals surface area contributed by atoms with Crippen LogP contribution in [0.2, 0.25) is 10.0 Å². The fourth-order valence-corrected chi connectivity index (χ4v) is 5.56. The lowest BCUT2D eigenvalue weighted by Gasteiger charge is -2.36. The van der Waals surface area contributed by atoms with Crippen LogP contribution in [0.3, 0.4) is 0 Å². The predicted octanol–water partition coefficient (Wildman–Crippen LogP) is 5.23. The molecule has 3 heterocycles. The van der Waals surface area contributed by atoms with Crippen molar-refractivity contribution in [2.24, 2.45) is 5.92 Å². The van der Waals surface area contributed by atoms with Crippen LogP contribution in [0.15, 0.2) is 61.2 Å². The molecule has 0 saturated carbocycles. The standard InChI is InChI=1S/C29H34Cl2N4O4/c1-21(2)15-28(36)35-13-11-34(12-14-35)23-4-6-24(7-5-23)37-17-25-18-38-29(39-25,19-33-10-9-32-20-33)26-8-3-22(30)16-27(26)31/h3-10,16,20-21,25H,11-15,17-19H2,1-2H3/t25-,29-/m0/s1. The molecule has 0 spiro atoms. The Bertz CT molecular complexity index is 1250. The van der Waals surface area contributed by atoms with E-state index in [0.717, 1.165) is 37.6 Å². The highest BCUT2D eigenvalue weighted by molar-refractivity contribution is 6.35. The Balaban J connectivity index is 1.17. The molecule has 0 radical (unpaired) electrons. The van der Waals surface area contributed by atoms with Gasteiger partial charge in [-0.15, -0.1) is 0 Å². The minimum atomic E-state index is -1.08. The number of aromatic nitrogens is 2. The van der Waals surface area contributed by atoms with Crippen LogP contribution >= 0.6 is 23.2 Å². The van der Waals surface area contributed by atoms with Gasteiger partial charge in [-0.2, -0.15) is 0 Å². The largest absolute Gasteiger partial charge is 0.491 e. The van der Waals surface area contributed by atoms with Gasteiger partial charge < -0.3 is 28.6 Å². The maximum Gasteiger partial charge on any atom is 0.222 e. The van der Waals surface area contributed by atoms with Crippen molar-refractivity contribution in [2.45, 2.75) is 38.7 Å². The van der Waals surface area contributed by atoms with Crippen molar-refractivity contribution in [1.29, 1.82) is 0 Å². The number of nitrogens with zero attached hydrogens (tertiary/aromatic N) is 4. The first kappa shape index (κ1) is 27.8. The Morgan fingerprint density at radius 3 is 2.56 bits per heavy atom. The summed E-state index contributed by atoms with van der Waals surface area (Å²) in [6.45, 7) is 8.37. The van der Waals surface area contributed by atoms with E-state index >= 15 is 0 Å². The lowest BCUT2D eigenvalue weighted by Crippen LogP contribution is -2.49. The van der Waals surface area contributed by atoms with Crippen molar-refractivity contribution in [2.75, 3.05) is 44.3 Å². The van der Waals surface area contributed by atoms with Gasteiger partial charge in [0.2, 0.25) is 11.7 Å². The monoisotopic (exact) mass is 572 g/mol. The molecule has 3 aromatic rings. The lowest BCUT2D eigenvalue weighted by atomic mass is 10.1. The van der Waals surface area contributed by atoms with Gasteiger partial charge in [0.25, 0.3) is 0 Å². The molecular weight excluding hydrogens is 539 g/mol. The highest BCUT2D eigenvalue weighted by Crippen LogP contribution is 2.40. The topological polar surface area (TPSA) is 69.1 Å². The minimum Gasteiger partial charge on any atom is -0.491 e. The SMILES string of the molecule is CC(C)CC(=O)N1CCN(c2ccc(OC[C@H]3CO[C@](Cn4ccnc4)(c4ccc(Cl)cc4Cl)O3)cc2)CC1. The second-order valence-electron chi connectivity index (χ2n) is 10.4. The molecule has 2 fully saturated rings. The molecule has 2 aromatic carbocycles. The van der Waals surface area contributed by atoms with Gasteiger partial charge in [-0.1, -0.05) is 43.1 Å². The van der Waals surface area contributed by atoms with E-state index in [1.165, 1.54) is 0 Å². The Morgan fingerprint density at radius 2 is 1.90 bits per heavy atom. The number of ether oxygens (including phenoxy) is 3. The number of carbonyl (C=O) groups is 1. The van der Waals surface area contributed by atoms with Crippen molar-refractivity contribution in [3.05, 3.63) is 76.8 Å². The number of halogens is 2. The molecule has 1 aromatic heterocycles. The Morgan fingerprint density at radius 1 is 1.13 bits per heavy atom. The molecule has 2 atom stereocenters. The van der Waals surface area contributed by atoms with Crippen molar-refractivity contribution < 1.29 is 19.0 Å². The van der Waals surface area contributed by atoms with Crippen molar-refractivity contribution in [1.82, 2.24) is 14.5 Å². The molecule has 39 heavy (non-hydrogen) atoms. The van der Waals surface area contributed by atoms with Crippen molar-refractivity contribution in [3.8, 4) is 5.75 Å². The van der Waals surface area contributed by atoms with Gasteiger partial charge >= 0.3 is 0 Å². The third-order valence-electron chi connectivity index (χ3n) is 7.00. The molecule has 0 aliphatic carbocycles. The van der Waals surface area contributed by atoms with Crippen LogP contribution in [0.4, 0.5) is 5.69 Å². The van der Waals surface area contributed by atoms with E-state index in [4.69, 9.17) is 37.4 Å². The third kappa shape index (κ3) is 6.69. The molecule has 0 bridgehead atoms. The van der Waals surface area contributed by atoms with Crippen molar-refractivity contribution >= 4 is 34.8 Å². The first-order valence-electron chi connectivity index (χ1n) is 13.3. The predicted molar refractivity (Wildman–Crippen MR) is 151 cm³/mol.